The number of amides is 1. The molecule has 0 heterocycles. The zero-order valence-corrected chi connectivity index (χ0v) is 9.83. The number of nitrogens with one attached hydrogen (secondary N) is 1. The maximum absolute atomic E-state index is 13.0. The molecule has 0 spiro atoms. The summed E-state index contributed by atoms with van der Waals surface area (Å²) in [4.78, 5) is 11.8. The van der Waals surface area contributed by atoms with Crippen molar-refractivity contribution in [1.29, 1.82) is 0 Å². The summed E-state index contributed by atoms with van der Waals surface area (Å²) in [6, 6.07) is 2.34. The van der Waals surface area contributed by atoms with E-state index >= 15 is 0 Å². The average molecular weight is 255 g/mol. The summed E-state index contributed by atoms with van der Waals surface area (Å²) in [5, 5.41) is 12.3. The van der Waals surface area contributed by atoms with Crippen LogP contribution in [-0.4, -0.2) is 23.2 Å². The molecule has 0 bridgehead atoms. The van der Waals surface area contributed by atoms with Crippen LogP contribution >= 0.6 is 0 Å². The van der Waals surface area contributed by atoms with Crippen LogP contribution in [0.5, 0.6) is 0 Å². The topological polar surface area (TPSA) is 49.3 Å². The Labute approximate surface area is 104 Å². The van der Waals surface area contributed by atoms with Gasteiger partial charge in [0, 0.05) is 11.6 Å². The van der Waals surface area contributed by atoms with E-state index in [1.54, 1.807) is 0 Å². The Balaban J connectivity index is 2.06. The van der Waals surface area contributed by atoms with Crippen LogP contribution in [0, 0.1) is 11.6 Å². The van der Waals surface area contributed by atoms with Gasteiger partial charge in [0.2, 0.25) is 0 Å². The predicted molar refractivity (Wildman–Crippen MR) is 62.1 cm³/mol. The first-order valence-corrected chi connectivity index (χ1v) is 6.01. The fourth-order valence-corrected chi connectivity index (χ4v) is 2.22. The summed E-state index contributed by atoms with van der Waals surface area (Å²) in [6.45, 7) is 0. The van der Waals surface area contributed by atoms with Crippen molar-refractivity contribution in [1.82, 2.24) is 5.32 Å². The fourth-order valence-electron chi connectivity index (χ4n) is 2.22. The van der Waals surface area contributed by atoms with E-state index in [0.717, 1.165) is 25.0 Å². The second kappa shape index (κ2) is 5.44. The Hall–Kier alpha value is -1.49. The SMILES string of the molecule is O=C(N[C@@H]1CCCC[C@H]1O)c1cc(F)cc(F)c1. The van der Waals surface area contributed by atoms with Gasteiger partial charge < -0.3 is 10.4 Å². The van der Waals surface area contributed by atoms with E-state index < -0.39 is 23.6 Å². The molecule has 98 valence electrons. The summed E-state index contributed by atoms with van der Waals surface area (Å²) >= 11 is 0. The van der Waals surface area contributed by atoms with Gasteiger partial charge in [0.05, 0.1) is 12.1 Å². The van der Waals surface area contributed by atoms with Crippen molar-refractivity contribution in [3.8, 4) is 0 Å². The summed E-state index contributed by atoms with van der Waals surface area (Å²) in [5.41, 5.74) is -0.0646. The molecular formula is C13H15F2NO2. The molecule has 18 heavy (non-hydrogen) atoms. The van der Waals surface area contributed by atoms with E-state index in [-0.39, 0.29) is 11.6 Å². The van der Waals surface area contributed by atoms with Crippen LogP contribution < -0.4 is 5.32 Å². The van der Waals surface area contributed by atoms with Gasteiger partial charge in [-0.15, -0.1) is 0 Å². The predicted octanol–water partition coefficient (Wildman–Crippen LogP) is 2.00. The number of hydrogen-bond acceptors (Lipinski definition) is 2. The number of aliphatic hydroxyl groups is 1. The van der Waals surface area contributed by atoms with Crippen molar-refractivity contribution in [2.75, 3.05) is 0 Å². The molecule has 2 rings (SSSR count). The Bertz CT molecular complexity index is 430. The first-order chi connectivity index (χ1) is 8.56. The molecule has 5 heteroatoms. The molecule has 1 aromatic carbocycles. The number of carbonyl (C=O) groups excluding carboxylic acids is 1. The Morgan fingerprint density at radius 2 is 1.78 bits per heavy atom. The molecule has 2 N–H and O–H groups in total. The Morgan fingerprint density at radius 3 is 2.39 bits per heavy atom. The minimum Gasteiger partial charge on any atom is -0.391 e. The van der Waals surface area contributed by atoms with Gasteiger partial charge in [-0.1, -0.05) is 12.8 Å². The first-order valence-electron chi connectivity index (χ1n) is 6.01. The molecule has 1 aliphatic carbocycles. The lowest BCUT2D eigenvalue weighted by molar-refractivity contribution is 0.0716. The molecule has 1 amide bonds. The van der Waals surface area contributed by atoms with Crippen LogP contribution in [0.15, 0.2) is 18.2 Å². The second-order valence-corrected chi connectivity index (χ2v) is 4.59. The zero-order valence-electron chi connectivity index (χ0n) is 9.83. The molecule has 0 aromatic heterocycles. The number of hydrogen-bond donors (Lipinski definition) is 2. The van der Waals surface area contributed by atoms with Crippen LogP contribution in [-0.2, 0) is 0 Å². The average Bonchev–Trinajstić information content (AvgIpc) is 2.31. The van der Waals surface area contributed by atoms with Crippen LogP contribution in [0.3, 0.4) is 0 Å². The van der Waals surface area contributed by atoms with E-state index in [2.05, 4.69) is 5.32 Å². The summed E-state index contributed by atoms with van der Waals surface area (Å²) in [7, 11) is 0. The van der Waals surface area contributed by atoms with E-state index in [1.165, 1.54) is 0 Å². The van der Waals surface area contributed by atoms with Crippen molar-refractivity contribution in [2.45, 2.75) is 37.8 Å². The number of rotatable bonds is 2. The lowest BCUT2D eigenvalue weighted by Gasteiger charge is -2.28. The molecule has 3 nitrogen and oxygen atoms in total. The van der Waals surface area contributed by atoms with Crippen molar-refractivity contribution < 1.29 is 18.7 Å². The van der Waals surface area contributed by atoms with E-state index in [0.29, 0.717) is 18.9 Å². The van der Waals surface area contributed by atoms with Gasteiger partial charge in [0.1, 0.15) is 11.6 Å². The van der Waals surface area contributed by atoms with Crippen molar-refractivity contribution >= 4 is 5.91 Å². The van der Waals surface area contributed by atoms with E-state index in [1.807, 2.05) is 0 Å². The normalized spacial score (nSPS) is 23.7. The Kier molecular flexibility index (Phi) is 3.91. The highest BCUT2D eigenvalue weighted by molar-refractivity contribution is 5.94. The van der Waals surface area contributed by atoms with Crippen molar-refractivity contribution in [2.24, 2.45) is 0 Å². The highest BCUT2D eigenvalue weighted by Crippen LogP contribution is 2.19. The fraction of sp³-hybridized carbons (Fsp3) is 0.462. The van der Waals surface area contributed by atoms with E-state index in [9.17, 15) is 18.7 Å². The third-order valence-electron chi connectivity index (χ3n) is 3.17. The summed E-state index contributed by atoms with van der Waals surface area (Å²) < 4.78 is 25.9. The van der Waals surface area contributed by atoms with Gasteiger partial charge in [-0.2, -0.15) is 0 Å². The minimum atomic E-state index is -0.788. The summed E-state index contributed by atoms with van der Waals surface area (Å²) in [6.07, 6.45) is 2.61. The molecular weight excluding hydrogens is 240 g/mol. The third-order valence-corrected chi connectivity index (χ3v) is 3.17. The number of halogens is 2. The van der Waals surface area contributed by atoms with Gasteiger partial charge in [-0.3, -0.25) is 4.79 Å². The molecule has 0 unspecified atom stereocenters. The van der Waals surface area contributed by atoms with Crippen molar-refractivity contribution in [3.63, 3.8) is 0 Å². The lowest BCUT2D eigenvalue weighted by Crippen LogP contribution is -2.45. The van der Waals surface area contributed by atoms with Crippen LogP contribution in [0.4, 0.5) is 8.78 Å². The number of aliphatic hydroxyl groups excluding tert-OH is 1. The largest absolute Gasteiger partial charge is 0.391 e. The van der Waals surface area contributed by atoms with Gasteiger partial charge in [-0.25, -0.2) is 8.78 Å². The smallest absolute Gasteiger partial charge is 0.251 e. The lowest BCUT2D eigenvalue weighted by atomic mass is 9.92. The highest BCUT2D eigenvalue weighted by Gasteiger charge is 2.25. The molecule has 1 saturated carbocycles. The number of benzene rings is 1. The molecule has 1 aliphatic rings. The third kappa shape index (κ3) is 3.04. The van der Waals surface area contributed by atoms with E-state index in [4.69, 9.17) is 0 Å². The molecule has 1 aromatic rings. The van der Waals surface area contributed by atoms with Crippen LogP contribution in [0.25, 0.3) is 0 Å². The molecule has 0 aliphatic heterocycles. The monoisotopic (exact) mass is 255 g/mol. The van der Waals surface area contributed by atoms with Gasteiger partial charge in [-0.05, 0) is 25.0 Å². The maximum Gasteiger partial charge on any atom is 0.251 e. The van der Waals surface area contributed by atoms with Crippen LogP contribution in [0.2, 0.25) is 0 Å². The second-order valence-electron chi connectivity index (χ2n) is 4.59. The minimum absolute atomic E-state index is 0.0646. The van der Waals surface area contributed by atoms with Gasteiger partial charge in [0.15, 0.2) is 0 Å². The Morgan fingerprint density at radius 1 is 1.17 bits per heavy atom. The molecule has 0 radical (unpaired) electrons. The number of carbonyl (C=O) groups is 1. The molecule has 1 fully saturated rings. The highest BCUT2D eigenvalue weighted by atomic mass is 19.1. The van der Waals surface area contributed by atoms with Gasteiger partial charge >= 0.3 is 0 Å². The maximum atomic E-state index is 13.0. The van der Waals surface area contributed by atoms with Crippen molar-refractivity contribution in [3.05, 3.63) is 35.4 Å². The van der Waals surface area contributed by atoms with Gasteiger partial charge in [0.25, 0.3) is 5.91 Å². The molecule has 0 saturated heterocycles. The summed E-state index contributed by atoms with van der Waals surface area (Å²) in [5.74, 6) is -2.13. The first kappa shape index (κ1) is 13.0. The quantitative estimate of drug-likeness (QED) is 0.849. The standard InChI is InChI=1S/C13H15F2NO2/c14-9-5-8(6-10(15)7-9)13(18)16-11-3-1-2-4-12(11)17/h5-7,11-12,17H,1-4H2,(H,16,18)/t11-,12-/m1/s1. The molecule has 2 atom stereocenters. The van der Waals surface area contributed by atoms with Crippen LogP contribution in [0.1, 0.15) is 36.0 Å². The zero-order chi connectivity index (χ0) is 13.1.